The summed E-state index contributed by atoms with van der Waals surface area (Å²) in [7, 11) is -3.95. The lowest BCUT2D eigenvalue weighted by Gasteiger charge is -2.12. The third-order valence-corrected chi connectivity index (χ3v) is 4.87. The fourth-order valence-electron chi connectivity index (χ4n) is 1.71. The molecule has 0 aliphatic heterocycles. The maximum Gasteiger partial charge on any atom is 0.264 e. The molecule has 0 aromatic heterocycles. The van der Waals surface area contributed by atoms with Crippen LogP contribution in [-0.4, -0.2) is 8.42 Å². The van der Waals surface area contributed by atoms with Crippen LogP contribution in [0.4, 0.5) is 11.4 Å². The first-order valence-corrected chi connectivity index (χ1v) is 7.91. The zero-order valence-electron chi connectivity index (χ0n) is 10.6. The number of hydrogen-bond acceptors (Lipinski definition) is 3. The van der Waals surface area contributed by atoms with E-state index in [1.54, 1.807) is 18.2 Å². The van der Waals surface area contributed by atoms with E-state index in [2.05, 4.69) is 10.6 Å². The summed E-state index contributed by atoms with van der Waals surface area (Å²) in [6, 6.07) is 9.05. The predicted octanol–water partition coefficient (Wildman–Crippen LogP) is 3.36. The van der Waals surface area contributed by atoms with Gasteiger partial charge in [-0.2, -0.15) is 0 Å². The van der Waals surface area contributed by atoms with Gasteiger partial charge in [0.2, 0.25) is 0 Å². The van der Waals surface area contributed by atoms with Crippen LogP contribution in [0.2, 0.25) is 10.0 Å². The highest BCUT2D eigenvalue weighted by atomic mass is 35.5. The molecule has 0 spiro atoms. The fourth-order valence-corrected chi connectivity index (χ4v) is 4.00. The molecule has 0 saturated heterocycles. The lowest BCUT2D eigenvalue weighted by atomic mass is 10.2. The summed E-state index contributed by atoms with van der Waals surface area (Å²) >= 11 is 11.9. The molecule has 7 heteroatoms. The van der Waals surface area contributed by atoms with Crippen LogP contribution < -0.4 is 10.5 Å². The molecule has 4 nitrogen and oxygen atoms in total. The van der Waals surface area contributed by atoms with Gasteiger partial charge in [-0.25, -0.2) is 8.42 Å². The van der Waals surface area contributed by atoms with E-state index in [4.69, 9.17) is 35.4 Å². The maximum atomic E-state index is 12.4. The summed E-state index contributed by atoms with van der Waals surface area (Å²) in [5.74, 6) is 2.42. The first-order valence-electron chi connectivity index (χ1n) is 5.67. The van der Waals surface area contributed by atoms with E-state index in [-0.39, 0.29) is 20.6 Å². The third-order valence-electron chi connectivity index (χ3n) is 2.57. The second-order valence-electron chi connectivity index (χ2n) is 4.14. The second kappa shape index (κ2) is 5.86. The van der Waals surface area contributed by atoms with Crippen LogP contribution in [0.25, 0.3) is 0 Å². The number of rotatable bonds is 3. The molecule has 2 aromatic rings. The molecule has 0 heterocycles. The number of halogens is 2. The van der Waals surface area contributed by atoms with E-state index in [9.17, 15) is 8.42 Å². The van der Waals surface area contributed by atoms with Gasteiger partial charge < -0.3 is 5.73 Å². The maximum absolute atomic E-state index is 12.4. The van der Waals surface area contributed by atoms with Crippen molar-refractivity contribution in [3.63, 3.8) is 0 Å². The van der Waals surface area contributed by atoms with Gasteiger partial charge in [-0.3, -0.25) is 4.72 Å². The Kier molecular flexibility index (Phi) is 4.33. The number of nitrogen functional groups attached to an aromatic ring is 1. The van der Waals surface area contributed by atoms with Crippen molar-refractivity contribution in [3.05, 3.63) is 52.0 Å². The molecule has 3 N–H and O–H groups in total. The Morgan fingerprint density at radius 3 is 2.33 bits per heavy atom. The molecule has 0 fully saturated rings. The van der Waals surface area contributed by atoms with Crippen molar-refractivity contribution in [3.8, 4) is 12.3 Å². The highest BCUT2D eigenvalue weighted by Gasteiger charge is 2.22. The van der Waals surface area contributed by atoms with Crippen LogP contribution in [0.15, 0.2) is 41.3 Å². The summed E-state index contributed by atoms with van der Waals surface area (Å²) < 4.78 is 27.1. The van der Waals surface area contributed by atoms with Crippen molar-refractivity contribution in [1.82, 2.24) is 0 Å². The van der Waals surface area contributed by atoms with Gasteiger partial charge in [-0.05, 0) is 30.3 Å². The van der Waals surface area contributed by atoms with Gasteiger partial charge in [0.15, 0.2) is 0 Å². The molecule has 21 heavy (non-hydrogen) atoms. The smallest absolute Gasteiger partial charge is 0.264 e. The van der Waals surface area contributed by atoms with Gasteiger partial charge in [-0.15, -0.1) is 6.42 Å². The van der Waals surface area contributed by atoms with E-state index in [0.29, 0.717) is 11.3 Å². The molecule has 0 radical (unpaired) electrons. The zero-order valence-corrected chi connectivity index (χ0v) is 12.9. The monoisotopic (exact) mass is 340 g/mol. The van der Waals surface area contributed by atoms with Crippen molar-refractivity contribution < 1.29 is 8.42 Å². The van der Waals surface area contributed by atoms with Crippen LogP contribution in [-0.2, 0) is 10.0 Å². The average Bonchev–Trinajstić information content (AvgIpc) is 2.36. The first-order chi connectivity index (χ1) is 9.83. The largest absolute Gasteiger partial charge is 0.399 e. The number of hydrogen-bond donors (Lipinski definition) is 2. The van der Waals surface area contributed by atoms with Gasteiger partial charge in [0, 0.05) is 11.3 Å². The molecule has 0 atom stereocenters. The highest BCUT2D eigenvalue weighted by molar-refractivity contribution is 7.93. The topological polar surface area (TPSA) is 72.2 Å². The summed E-state index contributed by atoms with van der Waals surface area (Å²) in [5, 5.41) is -0.110. The summed E-state index contributed by atoms with van der Waals surface area (Å²) in [4.78, 5) is -0.230. The van der Waals surface area contributed by atoms with Gasteiger partial charge in [-0.1, -0.05) is 35.2 Å². The quantitative estimate of drug-likeness (QED) is 0.664. The molecule has 2 aromatic carbocycles. The Morgan fingerprint density at radius 2 is 1.76 bits per heavy atom. The third kappa shape index (κ3) is 3.42. The van der Waals surface area contributed by atoms with E-state index in [1.807, 2.05) is 0 Å². The SMILES string of the molecule is C#Cc1cccc(NS(=O)(=O)c2c(Cl)cc(N)cc2Cl)c1. The molecule has 0 bridgehead atoms. The van der Waals surface area contributed by atoms with Crippen molar-refractivity contribution in [2.45, 2.75) is 4.90 Å². The van der Waals surface area contributed by atoms with Crippen LogP contribution in [0, 0.1) is 12.3 Å². The van der Waals surface area contributed by atoms with E-state index < -0.39 is 10.0 Å². The molecule has 0 unspecified atom stereocenters. The number of nitrogens with one attached hydrogen (secondary N) is 1. The Morgan fingerprint density at radius 1 is 1.14 bits per heavy atom. The van der Waals surface area contributed by atoms with E-state index in [0.717, 1.165) is 0 Å². The normalized spacial score (nSPS) is 10.9. The number of terminal acetylenes is 1. The Bertz CT molecular complexity index is 819. The molecule has 108 valence electrons. The lowest BCUT2D eigenvalue weighted by Crippen LogP contribution is -2.14. The molecular weight excluding hydrogens is 331 g/mol. The summed E-state index contributed by atoms with van der Waals surface area (Å²) in [6.45, 7) is 0. The molecule has 2 rings (SSSR count). The van der Waals surface area contributed by atoms with Gasteiger partial charge in [0.25, 0.3) is 10.0 Å². The molecule has 0 amide bonds. The second-order valence-corrected chi connectivity index (χ2v) is 6.58. The minimum absolute atomic E-state index is 0.0550. The Balaban J connectivity index is 2.46. The van der Waals surface area contributed by atoms with Crippen LogP contribution >= 0.6 is 23.2 Å². The average molecular weight is 341 g/mol. The molecule has 0 aliphatic rings. The fraction of sp³-hybridized carbons (Fsp3) is 0. The standard InChI is InChI=1S/C14H10Cl2N2O2S/c1-2-9-4-3-5-11(6-9)18-21(19,20)14-12(15)7-10(17)8-13(14)16/h1,3-8,18H,17H2. The van der Waals surface area contributed by atoms with Crippen molar-refractivity contribution in [2.24, 2.45) is 0 Å². The Labute approximate surface area is 132 Å². The van der Waals surface area contributed by atoms with Crippen LogP contribution in [0.1, 0.15) is 5.56 Å². The zero-order chi connectivity index (χ0) is 15.6. The van der Waals surface area contributed by atoms with Gasteiger partial charge >= 0.3 is 0 Å². The highest BCUT2D eigenvalue weighted by Crippen LogP contribution is 2.33. The minimum Gasteiger partial charge on any atom is -0.399 e. The molecule has 0 aliphatic carbocycles. The van der Waals surface area contributed by atoms with Gasteiger partial charge in [0.05, 0.1) is 15.7 Å². The number of sulfonamides is 1. The summed E-state index contributed by atoms with van der Waals surface area (Å²) in [5.41, 5.74) is 6.69. The Hall–Kier alpha value is -1.87. The lowest BCUT2D eigenvalue weighted by molar-refractivity contribution is 0.601. The van der Waals surface area contributed by atoms with Gasteiger partial charge in [0.1, 0.15) is 4.90 Å². The van der Waals surface area contributed by atoms with E-state index in [1.165, 1.54) is 18.2 Å². The van der Waals surface area contributed by atoms with Crippen molar-refractivity contribution in [2.75, 3.05) is 10.5 Å². The predicted molar refractivity (Wildman–Crippen MR) is 86.1 cm³/mol. The number of benzene rings is 2. The van der Waals surface area contributed by atoms with E-state index >= 15 is 0 Å². The number of anilines is 2. The molecule has 0 saturated carbocycles. The first kappa shape index (κ1) is 15.5. The number of nitrogens with two attached hydrogens (primary N) is 1. The minimum atomic E-state index is -3.95. The summed E-state index contributed by atoms with van der Waals surface area (Å²) in [6.07, 6.45) is 5.28. The van der Waals surface area contributed by atoms with Crippen LogP contribution in [0.3, 0.4) is 0 Å². The van der Waals surface area contributed by atoms with Crippen molar-refractivity contribution in [1.29, 1.82) is 0 Å². The molecular formula is C14H10Cl2N2O2S. The van der Waals surface area contributed by atoms with Crippen molar-refractivity contribution >= 4 is 44.6 Å². The van der Waals surface area contributed by atoms with Crippen LogP contribution in [0.5, 0.6) is 0 Å².